The summed E-state index contributed by atoms with van der Waals surface area (Å²) < 4.78 is 34.3. The molecule has 1 aliphatic heterocycles. The second-order valence-electron chi connectivity index (χ2n) is 6.73. The van der Waals surface area contributed by atoms with Crippen LogP contribution in [0.4, 0.5) is 4.39 Å². The number of benzene rings is 2. The third-order valence-electron chi connectivity index (χ3n) is 4.49. The number of hydrogen-bond acceptors (Lipinski definition) is 7. The van der Waals surface area contributed by atoms with Crippen molar-refractivity contribution in [2.45, 2.75) is 0 Å². The third kappa shape index (κ3) is 6.95. The van der Waals surface area contributed by atoms with Crippen LogP contribution < -0.4 is 19.6 Å². The zero-order chi connectivity index (χ0) is 22.8. The zero-order valence-electron chi connectivity index (χ0n) is 17.6. The molecular formula is C22H24FN3O6. The van der Waals surface area contributed by atoms with Crippen molar-refractivity contribution in [2.24, 2.45) is 5.10 Å². The fraction of sp³-hybridized carbons (Fsp3) is 0.318. The van der Waals surface area contributed by atoms with Gasteiger partial charge in [0.05, 0.1) is 26.5 Å². The van der Waals surface area contributed by atoms with Crippen molar-refractivity contribution in [3.05, 3.63) is 53.8 Å². The Kier molecular flexibility index (Phi) is 8.38. The van der Waals surface area contributed by atoms with Crippen molar-refractivity contribution in [1.29, 1.82) is 0 Å². The van der Waals surface area contributed by atoms with Crippen LogP contribution in [-0.4, -0.2) is 69.6 Å². The number of carbonyl (C=O) groups is 2. The molecule has 1 aliphatic rings. The number of nitrogens with one attached hydrogen (secondary N) is 1. The van der Waals surface area contributed by atoms with Gasteiger partial charge < -0.3 is 23.8 Å². The number of amides is 2. The van der Waals surface area contributed by atoms with E-state index < -0.39 is 5.91 Å². The van der Waals surface area contributed by atoms with Crippen molar-refractivity contribution in [2.75, 3.05) is 46.6 Å². The van der Waals surface area contributed by atoms with Crippen molar-refractivity contribution < 1.29 is 32.9 Å². The van der Waals surface area contributed by atoms with Crippen LogP contribution in [0.25, 0.3) is 0 Å². The SMILES string of the molecule is COc1cc(/C=N/NC(=O)COc2ccc(F)cc2)ccc1OCC(=O)N1CCOCC1. The lowest BCUT2D eigenvalue weighted by Gasteiger charge is -2.26. The van der Waals surface area contributed by atoms with Gasteiger partial charge in [-0.1, -0.05) is 0 Å². The molecule has 1 fully saturated rings. The first-order chi connectivity index (χ1) is 15.5. The number of halogens is 1. The number of nitrogens with zero attached hydrogens (tertiary/aromatic N) is 2. The van der Waals surface area contributed by atoms with E-state index >= 15 is 0 Å². The van der Waals surface area contributed by atoms with Gasteiger partial charge in [-0.15, -0.1) is 0 Å². The highest BCUT2D eigenvalue weighted by atomic mass is 19.1. The van der Waals surface area contributed by atoms with Gasteiger partial charge in [0.2, 0.25) is 0 Å². The first kappa shape index (κ1) is 23.0. The van der Waals surface area contributed by atoms with E-state index in [1.165, 1.54) is 37.6 Å². The smallest absolute Gasteiger partial charge is 0.277 e. The minimum atomic E-state index is -0.473. The van der Waals surface area contributed by atoms with Crippen LogP contribution in [0.1, 0.15) is 5.56 Å². The summed E-state index contributed by atoms with van der Waals surface area (Å²) in [6.07, 6.45) is 1.43. The number of carbonyl (C=O) groups excluding carboxylic acids is 2. The molecule has 0 saturated carbocycles. The van der Waals surface area contributed by atoms with E-state index in [1.54, 1.807) is 23.1 Å². The largest absolute Gasteiger partial charge is 0.493 e. The first-order valence-electron chi connectivity index (χ1n) is 9.92. The topological polar surface area (TPSA) is 98.7 Å². The highest BCUT2D eigenvalue weighted by Gasteiger charge is 2.18. The van der Waals surface area contributed by atoms with Crippen molar-refractivity contribution >= 4 is 18.0 Å². The molecule has 1 N–H and O–H groups in total. The second-order valence-corrected chi connectivity index (χ2v) is 6.73. The maximum absolute atomic E-state index is 12.9. The van der Waals surface area contributed by atoms with Crippen LogP contribution in [0.15, 0.2) is 47.6 Å². The number of ether oxygens (including phenoxy) is 4. The van der Waals surface area contributed by atoms with Crippen LogP contribution in [0.2, 0.25) is 0 Å². The van der Waals surface area contributed by atoms with Crippen LogP contribution in [0, 0.1) is 5.82 Å². The number of hydrazone groups is 1. The summed E-state index contributed by atoms with van der Waals surface area (Å²) in [4.78, 5) is 25.7. The van der Waals surface area contributed by atoms with E-state index in [-0.39, 0.29) is 24.9 Å². The van der Waals surface area contributed by atoms with Gasteiger partial charge in [0.15, 0.2) is 24.7 Å². The Balaban J connectivity index is 1.47. The molecule has 2 amide bonds. The van der Waals surface area contributed by atoms with E-state index in [4.69, 9.17) is 18.9 Å². The number of hydrogen-bond donors (Lipinski definition) is 1. The Morgan fingerprint density at radius 2 is 1.84 bits per heavy atom. The molecule has 0 unspecified atom stereocenters. The van der Waals surface area contributed by atoms with Crippen LogP contribution in [-0.2, 0) is 14.3 Å². The molecule has 1 saturated heterocycles. The molecule has 0 bridgehead atoms. The quantitative estimate of drug-likeness (QED) is 0.465. The molecule has 1 heterocycles. The number of morpholine rings is 1. The maximum atomic E-state index is 12.9. The average molecular weight is 445 g/mol. The van der Waals surface area contributed by atoms with E-state index in [0.717, 1.165) is 0 Å². The molecule has 170 valence electrons. The van der Waals surface area contributed by atoms with Gasteiger partial charge in [-0.2, -0.15) is 5.10 Å². The number of rotatable bonds is 9. The van der Waals surface area contributed by atoms with Crippen LogP contribution >= 0.6 is 0 Å². The van der Waals surface area contributed by atoms with E-state index in [2.05, 4.69) is 10.5 Å². The summed E-state index contributed by atoms with van der Waals surface area (Å²) in [5.74, 6) is 0.239. The molecule has 32 heavy (non-hydrogen) atoms. The lowest BCUT2D eigenvalue weighted by Crippen LogP contribution is -2.43. The van der Waals surface area contributed by atoms with Crippen LogP contribution in [0.5, 0.6) is 17.2 Å². The van der Waals surface area contributed by atoms with Crippen LogP contribution in [0.3, 0.4) is 0 Å². The van der Waals surface area contributed by atoms with E-state index in [1.807, 2.05) is 0 Å². The molecule has 0 radical (unpaired) electrons. The standard InChI is InChI=1S/C22H24FN3O6/c1-29-20-12-16(2-7-19(20)32-15-22(28)26-8-10-30-11-9-26)13-24-25-21(27)14-31-18-5-3-17(23)4-6-18/h2-7,12-13H,8-11,14-15H2,1H3,(H,25,27)/b24-13+. The highest BCUT2D eigenvalue weighted by Crippen LogP contribution is 2.27. The predicted molar refractivity (Wildman–Crippen MR) is 114 cm³/mol. The van der Waals surface area contributed by atoms with Gasteiger partial charge >= 0.3 is 0 Å². The van der Waals surface area contributed by atoms with Crippen molar-refractivity contribution in [3.63, 3.8) is 0 Å². The fourth-order valence-corrected chi connectivity index (χ4v) is 2.82. The summed E-state index contributed by atoms with van der Waals surface area (Å²) in [5.41, 5.74) is 2.99. The third-order valence-corrected chi connectivity index (χ3v) is 4.49. The summed E-state index contributed by atoms with van der Waals surface area (Å²) in [7, 11) is 1.49. The Morgan fingerprint density at radius 3 is 2.56 bits per heavy atom. The highest BCUT2D eigenvalue weighted by molar-refractivity contribution is 5.84. The molecule has 3 rings (SSSR count). The maximum Gasteiger partial charge on any atom is 0.277 e. The molecule has 10 heteroatoms. The van der Waals surface area contributed by atoms with Gasteiger partial charge in [0.25, 0.3) is 11.8 Å². The molecule has 0 atom stereocenters. The lowest BCUT2D eigenvalue weighted by atomic mass is 10.2. The Bertz CT molecular complexity index is 945. The van der Waals surface area contributed by atoms with Gasteiger partial charge in [0.1, 0.15) is 11.6 Å². The van der Waals surface area contributed by atoms with Gasteiger partial charge in [-0.05, 0) is 48.0 Å². The van der Waals surface area contributed by atoms with Gasteiger partial charge in [0, 0.05) is 13.1 Å². The monoisotopic (exact) mass is 445 g/mol. The fourth-order valence-electron chi connectivity index (χ4n) is 2.82. The Morgan fingerprint density at radius 1 is 1.09 bits per heavy atom. The minimum Gasteiger partial charge on any atom is -0.493 e. The minimum absolute atomic E-state index is 0.103. The second kappa shape index (κ2) is 11.7. The van der Waals surface area contributed by atoms with Gasteiger partial charge in [-0.25, -0.2) is 9.82 Å². The Labute approximate surface area is 184 Å². The zero-order valence-corrected chi connectivity index (χ0v) is 17.6. The summed E-state index contributed by atoms with van der Waals surface area (Å²) in [6.45, 7) is 1.78. The van der Waals surface area contributed by atoms with Gasteiger partial charge in [-0.3, -0.25) is 9.59 Å². The summed E-state index contributed by atoms with van der Waals surface area (Å²) >= 11 is 0. The lowest BCUT2D eigenvalue weighted by molar-refractivity contribution is -0.137. The predicted octanol–water partition coefficient (Wildman–Crippen LogP) is 1.60. The molecule has 2 aromatic rings. The summed E-state index contributed by atoms with van der Waals surface area (Å²) in [5, 5.41) is 3.87. The molecule has 9 nitrogen and oxygen atoms in total. The average Bonchev–Trinajstić information content (AvgIpc) is 2.83. The molecular weight excluding hydrogens is 421 g/mol. The van der Waals surface area contributed by atoms with E-state index in [9.17, 15) is 14.0 Å². The Hall–Kier alpha value is -3.66. The first-order valence-corrected chi connectivity index (χ1v) is 9.92. The number of methoxy groups -OCH3 is 1. The molecule has 2 aromatic carbocycles. The van der Waals surface area contributed by atoms with Crippen molar-refractivity contribution in [1.82, 2.24) is 10.3 Å². The molecule has 0 spiro atoms. The molecule has 0 aromatic heterocycles. The normalized spacial score (nSPS) is 13.6. The van der Waals surface area contributed by atoms with Crippen molar-refractivity contribution in [3.8, 4) is 17.2 Å². The van der Waals surface area contributed by atoms with E-state index in [0.29, 0.717) is 49.1 Å². The molecule has 0 aliphatic carbocycles. The summed E-state index contributed by atoms with van der Waals surface area (Å²) in [6, 6.07) is 10.4.